The van der Waals surface area contributed by atoms with Crippen molar-refractivity contribution in [2.45, 2.75) is 6.42 Å². The van der Waals surface area contributed by atoms with E-state index >= 15 is 0 Å². The van der Waals surface area contributed by atoms with Crippen LogP contribution < -0.4 is 10.2 Å². The lowest BCUT2D eigenvalue weighted by atomic mass is 10.2. The molecule has 1 fully saturated rings. The van der Waals surface area contributed by atoms with Crippen LogP contribution in [0.25, 0.3) is 0 Å². The first-order valence-electron chi connectivity index (χ1n) is 5.08. The number of benzene rings is 1. The number of hydrogen-bond acceptors (Lipinski definition) is 2. The van der Waals surface area contributed by atoms with Gasteiger partial charge in [0.25, 0.3) is 0 Å². The van der Waals surface area contributed by atoms with Crippen LogP contribution in [0, 0.1) is 0 Å². The second-order valence-electron chi connectivity index (χ2n) is 3.54. The monoisotopic (exact) mass is 210 g/mol. The zero-order valence-electron chi connectivity index (χ0n) is 8.17. The van der Waals surface area contributed by atoms with Gasteiger partial charge in [-0.25, -0.2) is 0 Å². The molecule has 1 N–H and O–H groups in total. The third-order valence-corrected chi connectivity index (χ3v) is 2.85. The maximum absolute atomic E-state index is 6.15. The Balaban J connectivity index is 2.16. The number of anilines is 1. The van der Waals surface area contributed by atoms with Crippen molar-refractivity contribution in [3.05, 3.63) is 29.3 Å². The smallest absolute Gasteiger partial charge is 0.0639 e. The van der Waals surface area contributed by atoms with Crippen LogP contribution in [0.2, 0.25) is 5.02 Å². The molecular formula is C11H15ClN2. The summed E-state index contributed by atoms with van der Waals surface area (Å²) in [6.45, 7) is 4.30. The van der Waals surface area contributed by atoms with Crippen LogP contribution >= 0.6 is 11.6 Å². The average Bonchev–Trinajstić information content (AvgIpc) is 2.47. The van der Waals surface area contributed by atoms with E-state index < -0.39 is 0 Å². The van der Waals surface area contributed by atoms with E-state index in [9.17, 15) is 0 Å². The van der Waals surface area contributed by atoms with E-state index in [4.69, 9.17) is 11.6 Å². The standard InChI is InChI=1S/C11H15ClN2/c12-10-4-1-2-5-11(10)14-8-3-6-13-7-9-14/h1-2,4-5,13H,3,6-9H2. The van der Waals surface area contributed by atoms with Crippen LogP contribution in [-0.4, -0.2) is 26.2 Å². The maximum Gasteiger partial charge on any atom is 0.0639 e. The number of halogens is 1. The van der Waals surface area contributed by atoms with Crippen LogP contribution in [0.5, 0.6) is 0 Å². The highest BCUT2D eigenvalue weighted by Gasteiger charge is 2.11. The Labute approximate surface area is 89.9 Å². The van der Waals surface area contributed by atoms with Gasteiger partial charge in [0.05, 0.1) is 10.7 Å². The van der Waals surface area contributed by atoms with Gasteiger partial charge in [-0.1, -0.05) is 23.7 Å². The second-order valence-corrected chi connectivity index (χ2v) is 3.95. The summed E-state index contributed by atoms with van der Waals surface area (Å²) in [6.07, 6.45) is 1.19. The van der Waals surface area contributed by atoms with Crippen molar-refractivity contribution >= 4 is 17.3 Å². The summed E-state index contributed by atoms with van der Waals surface area (Å²) in [5.41, 5.74) is 1.16. The molecule has 1 aliphatic heterocycles. The SMILES string of the molecule is Clc1ccccc1N1CCCNCC1. The Morgan fingerprint density at radius 3 is 2.86 bits per heavy atom. The van der Waals surface area contributed by atoms with Crippen LogP contribution in [0.3, 0.4) is 0 Å². The first kappa shape index (κ1) is 9.81. The number of rotatable bonds is 1. The molecule has 3 heteroatoms. The first-order valence-corrected chi connectivity index (χ1v) is 5.46. The van der Waals surface area contributed by atoms with Gasteiger partial charge in [-0.15, -0.1) is 0 Å². The molecule has 1 aromatic carbocycles. The molecule has 0 saturated carbocycles. The Bertz CT molecular complexity index is 293. The lowest BCUT2D eigenvalue weighted by Gasteiger charge is -2.23. The number of nitrogens with zero attached hydrogens (tertiary/aromatic N) is 1. The molecule has 1 aliphatic rings. The molecule has 2 nitrogen and oxygen atoms in total. The van der Waals surface area contributed by atoms with Gasteiger partial charge in [-0.3, -0.25) is 0 Å². The average molecular weight is 211 g/mol. The Kier molecular flexibility index (Phi) is 3.27. The molecule has 1 saturated heterocycles. The van der Waals surface area contributed by atoms with Crippen molar-refractivity contribution in [2.75, 3.05) is 31.1 Å². The van der Waals surface area contributed by atoms with Crippen LogP contribution in [0.4, 0.5) is 5.69 Å². The van der Waals surface area contributed by atoms with Crippen LogP contribution in [0.15, 0.2) is 24.3 Å². The largest absolute Gasteiger partial charge is 0.369 e. The molecule has 0 aromatic heterocycles. The minimum absolute atomic E-state index is 0.856. The minimum atomic E-state index is 0.856. The van der Waals surface area contributed by atoms with Gasteiger partial charge in [0.2, 0.25) is 0 Å². The quantitative estimate of drug-likeness (QED) is 0.764. The molecule has 0 radical (unpaired) electrons. The number of nitrogens with one attached hydrogen (secondary N) is 1. The highest BCUT2D eigenvalue weighted by Crippen LogP contribution is 2.25. The Morgan fingerprint density at radius 1 is 1.14 bits per heavy atom. The normalized spacial score (nSPS) is 17.9. The minimum Gasteiger partial charge on any atom is -0.369 e. The van der Waals surface area contributed by atoms with Gasteiger partial charge in [0.15, 0.2) is 0 Å². The fourth-order valence-corrected chi connectivity index (χ4v) is 2.05. The molecule has 0 aliphatic carbocycles. The van der Waals surface area contributed by atoms with Gasteiger partial charge in [-0.05, 0) is 25.1 Å². The summed E-state index contributed by atoms with van der Waals surface area (Å²) >= 11 is 6.15. The predicted octanol–water partition coefficient (Wildman–Crippen LogP) is 2.14. The molecule has 2 rings (SSSR count). The summed E-state index contributed by atoms with van der Waals surface area (Å²) in [7, 11) is 0. The highest BCUT2D eigenvalue weighted by molar-refractivity contribution is 6.33. The topological polar surface area (TPSA) is 15.3 Å². The van der Waals surface area contributed by atoms with Gasteiger partial charge < -0.3 is 10.2 Å². The molecule has 0 amide bonds. The van der Waals surface area contributed by atoms with E-state index in [1.807, 2.05) is 18.2 Å². The van der Waals surface area contributed by atoms with Gasteiger partial charge in [0, 0.05) is 19.6 Å². The molecule has 0 bridgehead atoms. The predicted molar refractivity (Wildman–Crippen MR) is 61.2 cm³/mol. The molecule has 1 heterocycles. The Hall–Kier alpha value is -0.730. The zero-order valence-corrected chi connectivity index (χ0v) is 8.93. The van der Waals surface area contributed by atoms with Crippen molar-refractivity contribution in [1.82, 2.24) is 5.32 Å². The van der Waals surface area contributed by atoms with E-state index in [0.29, 0.717) is 0 Å². The lowest BCUT2D eigenvalue weighted by Crippen LogP contribution is -2.27. The van der Waals surface area contributed by atoms with E-state index in [1.165, 1.54) is 6.42 Å². The van der Waals surface area contributed by atoms with Crippen molar-refractivity contribution in [3.8, 4) is 0 Å². The van der Waals surface area contributed by atoms with Crippen molar-refractivity contribution in [1.29, 1.82) is 0 Å². The number of hydrogen-bond donors (Lipinski definition) is 1. The van der Waals surface area contributed by atoms with E-state index in [0.717, 1.165) is 36.9 Å². The summed E-state index contributed by atoms with van der Waals surface area (Å²) in [5.74, 6) is 0. The molecular weight excluding hydrogens is 196 g/mol. The lowest BCUT2D eigenvalue weighted by molar-refractivity contribution is 0.724. The molecule has 0 spiro atoms. The van der Waals surface area contributed by atoms with Crippen molar-refractivity contribution < 1.29 is 0 Å². The first-order chi connectivity index (χ1) is 6.88. The molecule has 0 unspecified atom stereocenters. The van der Waals surface area contributed by atoms with Gasteiger partial charge >= 0.3 is 0 Å². The molecule has 14 heavy (non-hydrogen) atoms. The third-order valence-electron chi connectivity index (χ3n) is 2.53. The summed E-state index contributed by atoms with van der Waals surface area (Å²) < 4.78 is 0. The molecule has 1 aromatic rings. The molecule has 76 valence electrons. The summed E-state index contributed by atoms with van der Waals surface area (Å²) in [5, 5.41) is 4.24. The number of para-hydroxylation sites is 1. The summed E-state index contributed by atoms with van der Waals surface area (Å²) in [6, 6.07) is 8.06. The summed E-state index contributed by atoms with van der Waals surface area (Å²) in [4.78, 5) is 2.35. The zero-order chi connectivity index (χ0) is 9.80. The van der Waals surface area contributed by atoms with Gasteiger partial charge in [0.1, 0.15) is 0 Å². The van der Waals surface area contributed by atoms with Gasteiger partial charge in [-0.2, -0.15) is 0 Å². The highest BCUT2D eigenvalue weighted by atomic mass is 35.5. The Morgan fingerprint density at radius 2 is 2.00 bits per heavy atom. The van der Waals surface area contributed by atoms with Crippen molar-refractivity contribution in [2.24, 2.45) is 0 Å². The fourth-order valence-electron chi connectivity index (χ4n) is 1.79. The van der Waals surface area contributed by atoms with E-state index in [-0.39, 0.29) is 0 Å². The third kappa shape index (κ3) is 2.20. The van der Waals surface area contributed by atoms with Crippen LogP contribution in [-0.2, 0) is 0 Å². The second kappa shape index (κ2) is 4.67. The maximum atomic E-state index is 6.15. The fraction of sp³-hybridized carbons (Fsp3) is 0.455. The van der Waals surface area contributed by atoms with E-state index in [2.05, 4.69) is 16.3 Å². The van der Waals surface area contributed by atoms with Crippen LogP contribution in [0.1, 0.15) is 6.42 Å². The van der Waals surface area contributed by atoms with E-state index in [1.54, 1.807) is 0 Å². The van der Waals surface area contributed by atoms with Crippen molar-refractivity contribution in [3.63, 3.8) is 0 Å². The molecule has 0 atom stereocenters.